The van der Waals surface area contributed by atoms with Gasteiger partial charge in [0.05, 0.1) is 18.6 Å². The van der Waals surface area contributed by atoms with Crippen molar-refractivity contribution < 1.29 is 44.2 Å². The van der Waals surface area contributed by atoms with Gasteiger partial charge in [-0.25, -0.2) is 0 Å². The topological polar surface area (TPSA) is 135 Å². The minimum absolute atomic E-state index is 0.0539. The fourth-order valence-corrected chi connectivity index (χ4v) is 3.60. The average Bonchev–Trinajstić information content (AvgIpc) is 3.17. The quantitative estimate of drug-likeness (QED) is 0.399. The first-order chi connectivity index (χ1) is 14.3. The van der Waals surface area contributed by atoms with E-state index in [9.17, 15) is 25.2 Å². The van der Waals surface area contributed by atoms with Crippen LogP contribution in [0.5, 0.6) is 0 Å². The van der Waals surface area contributed by atoms with Gasteiger partial charge in [0.25, 0.3) is 0 Å². The van der Waals surface area contributed by atoms with Gasteiger partial charge in [-0.15, -0.1) is 6.58 Å². The molecule has 3 aliphatic rings. The number of carbonyl (C=O) groups is 1. The zero-order valence-electron chi connectivity index (χ0n) is 16.8. The molecule has 0 spiro atoms. The molecule has 3 rings (SSSR count). The Morgan fingerprint density at radius 1 is 1.23 bits per heavy atom. The highest BCUT2D eigenvalue weighted by molar-refractivity contribution is 5.99. The van der Waals surface area contributed by atoms with Crippen LogP contribution in [0.1, 0.15) is 19.8 Å². The number of hydrogen-bond acceptors (Lipinski definition) is 9. The molecule has 0 unspecified atom stereocenters. The van der Waals surface area contributed by atoms with Gasteiger partial charge < -0.3 is 39.4 Å². The van der Waals surface area contributed by atoms with Crippen LogP contribution in [0.4, 0.5) is 0 Å². The Hall–Kier alpha value is -2.01. The van der Waals surface area contributed by atoms with Crippen molar-refractivity contribution >= 4 is 5.78 Å². The monoisotopic (exact) mass is 424 g/mol. The van der Waals surface area contributed by atoms with Crippen LogP contribution in [0.3, 0.4) is 0 Å². The van der Waals surface area contributed by atoms with Crippen LogP contribution in [-0.2, 0) is 23.7 Å². The van der Waals surface area contributed by atoms with Gasteiger partial charge in [-0.1, -0.05) is 17.7 Å². The lowest BCUT2D eigenvalue weighted by Gasteiger charge is -2.39. The van der Waals surface area contributed by atoms with Crippen molar-refractivity contribution in [2.24, 2.45) is 5.41 Å². The molecular weight excluding hydrogens is 396 g/mol. The summed E-state index contributed by atoms with van der Waals surface area (Å²) in [5.41, 5.74) is -0.0708. The molecule has 4 N–H and O–H groups in total. The molecule has 2 heterocycles. The van der Waals surface area contributed by atoms with Crippen LogP contribution in [0.15, 0.2) is 48.0 Å². The molecule has 30 heavy (non-hydrogen) atoms. The Labute approximate surface area is 174 Å². The summed E-state index contributed by atoms with van der Waals surface area (Å²) >= 11 is 0. The lowest BCUT2D eigenvalue weighted by Crippen LogP contribution is -2.59. The van der Waals surface area contributed by atoms with Crippen molar-refractivity contribution in [3.8, 4) is 0 Å². The van der Waals surface area contributed by atoms with E-state index in [0.717, 1.165) is 5.57 Å². The van der Waals surface area contributed by atoms with Crippen molar-refractivity contribution in [3.05, 3.63) is 48.0 Å². The van der Waals surface area contributed by atoms with Gasteiger partial charge in [0, 0.05) is 6.08 Å². The molecule has 0 saturated carbocycles. The number of ether oxygens (including phenoxy) is 4. The molecule has 2 aliphatic heterocycles. The number of rotatable bonds is 8. The van der Waals surface area contributed by atoms with E-state index >= 15 is 0 Å². The molecule has 0 radical (unpaired) electrons. The minimum atomic E-state index is -1.50. The number of carbonyl (C=O) groups excluding carboxylic acids is 1. The third kappa shape index (κ3) is 4.51. The second-order valence-electron chi connectivity index (χ2n) is 7.70. The van der Waals surface area contributed by atoms with E-state index in [0.29, 0.717) is 24.4 Å². The average molecular weight is 424 g/mol. The first-order valence-electron chi connectivity index (χ1n) is 9.75. The summed E-state index contributed by atoms with van der Waals surface area (Å²) in [5, 5.41) is 38.9. The summed E-state index contributed by atoms with van der Waals surface area (Å²) in [5.74, 6) is 0.872. The molecule has 0 amide bonds. The van der Waals surface area contributed by atoms with E-state index in [4.69, 9.17) is 18.9 Å². The van der Waals surface area contributed by atoms with Gasteiger partial charge in [0.2, 0.25) is 6.79 Å². The van der Waals surface area contributed by atoms with Crippen molar-refractivity contribution in [2.75, 3.05) is 20.0 Å². The number of hydrogen-bond donors (Lipinski definition) is 4. The van der Waals surface area contributed by atoms with Gasteiger partial charge in [-0.3, -0.25) is 4.79 Å². The van der Waals surface area contributed by atoms with E-state index in [1.54, 1.807) is 19.1 Å². The molecule has 0 aromatic carbocycles. The molecule has 166 valence electrons. The van der Waals surface area contributed by atoms with Crippen LogP contribution in [0.25, 0.3) is 0 Å². The van der Waals surface area contributed by atoms with E-state index in [2.05, 4.69) is 6.58 Å². The van der Waals surface area contributed by atoms with Crippen molar-refractivity contribution in [1.29, 1.82) is 0 Å². The van der Waals surface area contributed by atoms with Gasteiger partial charge in [-0.05, 0) is 25.8 Å². The number of aliphatic hydroxyl groups is 4. The molecule has 2 fully saturated rings. The van der Waals surface area contributed by atoms with Crippen molar-refractivity contribution in [3.63, 3.8) is 0 Å². The Kier molecular flexibility index (Phi) is 7.12. The molecule has 0 aromatic rings. The van der Waals surface area contributed by atoms with Crippen LogP contribution >= 0.6 is 0 Å². The van der Waals surface area contributed by atoms with Crippen LogP contribution < -0.4 is 0 Å². The van der Waals surface area contributed by atoms with Gasteiger partial charge >= 0.3 is 0 Å². The highest BCUT2D eigenvalue weighted by Gasteiger charge is 2.44. The SMILES string of the molecule is C=CC[C@]1(CC=C(C)CO[C@@H]2O[C@H](CO)[C@@H](O)[C@H](O)[C@H]2O)C=C2OCOC2=CC1=O. The van der Waals surface area contributed by atoms with Gasteiger partial charge in [0.15, 0.2) is 23.6 Å². The first-order valence-corrected chi connectivity index (χ1v) is 9.75. The largest absolute Gasteiger partial charge is 0.454 e. The summed E-state index contributed by atoms with van der Waals surface area (Å²) in [6, 6.07) is 0. The van der Waals surface area contributed by atoms with Crippen LogP contribution in [-0.4, -0.2) is 76.9 Å². The summed E-state index contributed by atoms with van der Waals surface area (Å²) in [6.07, 6.45) is 0.879. The maximum atomic E-state index is 12.8. The zero-order chi connectivity index (χ0) is 21.9. The van der Waals surface area contributed by atoms with E-state index in [1.165, 1.54) is 6.08 Å². The Morgan fingerprint density at radius 2 is 1.97 bits per heavy atom. The third-order valence-electron chi connectivity index (χ3n) is 5.48. The van der Waals surface area contributed by atoms with Crippen LogP contribution in [0, 0.1) is 5.41 Å². The van der Waals surface area contributed by atoms with Crippen molar-refractivity contribution in [1.82, 2.24) is 0 Å². The normalized spacial score (nSPS) is 36.4. The van der Waals surface area contributed by atoms with E-state index in [1.807, 2.05) is 6.08 Å². The fraction of sp³-hybridized carbons (Fsp3) is 0.571. The van der Waals surface area contributed by atoms with E-state index < -0.39 is 42.7 Å². The molecule has 9 heteroatoms. The number of aliphatic hydroxyl groups excluding tert-OH is 4. The second kappa shape index (κ2) is 9.42. The lowest BCUT2D eigenvalue weighted by atomic mass is 9.74. The smallest absolute Gasteiger partial charge is 0.231 e. The zero-order valence-corrected chi connectivity index (χ0v) is 16.8. The predicted molar refractivity (Wildman–Crippen MR) is 104 cm³/mol. The minimum Gasteiger partial charge on any atom is -0.454 e. The maximum Gasteiger partial charge on any atom is 0.231 e. The molecular formula is C21H28O9. The standard InChI is InChI=1S/C21H28O9/c1-3-5-21(8-14-13(7-16(21)23)28-11-29-14)6-4-12(2)10-27-20-19(26)18(25)17(24)15(9-22)30-20/h3-4,7-8,15,17-20,22,24-26H,1,5-6,9-11H2,2H3/t15-,17-,18+,19-,20-,21+/m1/s1. The Bertz CT molecular complexity index is 754. The summed E-state index contributed by atoms with van der Waals surface area (Å²) in [6.45, 7) is 5.15. The third-order valence-corrected chi connectivity index (χ3v) is 5.48. The van der Waals surface area contributed by atoms with Gasteiger partial charge in [0.1, 0.15) is 24.4 Å². The van der Waals surface area contributed by atoms with Gasteiger partial charge in [-0.2, -0.15) is 0 Å². The molecule has 9 nitrogen and oxygen atoms in total. The molecule has 1 aliphatic carbocycles. The maximum absolute atomic E-state index is 12.8. The Morgan fingerprint density at radius 3 is 2.67 bits per heavy atom. The number of fused-ring (bicyclic) bond motifs is 1. The fourth-order valence-electron chi connectivity index (χ4n) is 3.60. The summed E-state index contributed by atoms with van der Waals surface area (Å²) in [7, 11) is 0. The molecule has 0 aromatic heterocycles. The molecule has 2 saturated heterocycles. The number of ketones is 1. The summed E-state index contributed by atoms with van der Waals surface area (Å²) in [4.78, 5) is 12.8. The van der Waals surface area contributed by atoms with Crippen LogP contribution in [0.2, 0.25) is 0 Å². The molecule has 6 atom stereocenters. The first kappa shape index (κ1) is 22.7. The number of allylic oxidation sites excluding steroid dienone is 4. The highest BCUT2D eigenvalue weighted by Crippen LogP contribution is 2.40. The predicted octanol–water partition coefficient (Wildman–Crippen LogP) is 0.0566. The summed E-state index contributed by atoms with van der Waals surface area (Å²) < 4.78 is 21.6. The van der Waals surface area contributed by atoms with Crippen molar-refractivity contribution in [2.45, 2.75) is 50.5 Å². The second-order valence-corrected chi connectivity index (χ2v) is 7.70. The lowest BCUT2D eigenvalue weighted by molar-refractivity contribution is -0.299. The van der Waals surface area contributed by atoms with E-state index in [-0.39, 0.29) is 19.2 Å². The highest BCUT2D eigenvalue weighted by atomic mass is 16.7. The Balaban J connectivity index is 1.64. The molecule has 0 bridgehead atoms.